The van der Waals surface area contributed by atoms with Crippen molar-refractivity contribution in [3.05, 3.63) is 12.7 Å². The fourth-order valence-electron chi connectivity index (χ4n) is 0.510. The summed E-state index contributed by atoms with van der Waals surface area (Å²) < 4.78 is 4.79. The zero-order valence-corrected chi connectivity index (χ0v) is 7.73. The van der Waals surface area contributed by atoms with E-state index in [0.717, 1.165) is 6.08 Å². The minimum absolute atomic E-state index is 0.441. The van der Waals surface area contributed by atoms with Crippen LogP contribution in [0.4, 0.5) is 0 Å². The molecule has 0 radical (unpaired) electrons. The molecule has 11 heavy (non-hydrogen) atoms. The van der Waals surface area contributed by atoms with Gasteiger partial charge in [-0.3, -0.25) is 0 Å². The van der Waals surface area contributed by atoms with E-state index in [1.165, 1.54) is 0 Å². The van der Waals surface area contributed by atoms with Gasteiger partial charge in [0.2, 0.25) is 0 Å². The Bertz CT molecular complexity index is 145. The molecule has 0 fully saturated rings. The summed E-state index contributed by atoms with van der Waals surface area (Å²) in [6.07, 6.45) is 1.24. The van der Waals surface area contributed by atoms with E-state index in [2.05, 4.69) is 6.58 Å². The molecule has 64 valence electrons. The molecule has 0 aromatic rings. The lowest BCUT2D eigenvalue weighted by atomic mass is 10.3. The summed E-state index contributed by atoms with van der Waals surface area (Å²) in [5.41, 5.74) is 0. The maximum atomic E-state index is 10.6. The summed E-state index contributed by atoms with van der Waals surface area (Å²) in [5.74, 6) is -0.497. The summed E-state index contributed by atoms with van der Waals surface area (Å²) in [4.78, 5) is 9.95. The van der Waals surface area contributed by atoms with Crippen molar-refractivity contribution in [2.75, 3.05) is 0 Å². The minimum Gasteiger partial charge on any atom is -0.456 e. The minimum atomic E-state index is -0.677. The number of esters is 1. The predicted octanol–water partition coefficient (Wildman–Crippen LogP) is 2.30. The lowest BCUT2D eigenvalue weighted by Gasteiger charge is -2.15. The molecule has 1 unspecified atom stereocenters. The smallest absolute Gasteiger partial charge is 0.330 e. The van der Waals surface area contributed by atoms with Gasteiger partial charge in [-0.15, -0.1) is 23.2 Å². The molecule has 0 heterocycles. The Labute approximate surface area is 76.1 Å². The Morgan fingerprint density at radius 3 is 2.55 bits per heavy atom. The highest BCUT2D eigenvalue weighted by Crippen LogP contribution is 2.14. The standard InChI is InChI=1S/C7H10Cl2O2/c1-3-5(7(8)9)11-6(10)4-2/h4-5,7H,2-3H2,1H3. The second-order valence-electron chi connectivity index (χ2n) is 1.92. The van der Waals surface area contributed by atoms with Gasteiger partial charge >= 0.3 is 5.97 Å². The largest absolute Gasteiger partial charge is 0.456 e. The monoisotopic (exact) mass is 196 g/mol. The van der Waals surface area contributed by atoms with E-state index in [4.69, 9.17) is 27.9 Å². The molecule has 0 saturated carbocycles. The molecule has 0 rings (SSSR count). The highest BCUT2D eigenvalue weighted by molar-refractivity contribution is 6.44. The van der Waals surface area contributed by atoms with E-state index in [9.17, 15) is 4.79 Å². The third-order valence-electron chi connectivity index (χ3n) is 1.12. The zero-order valence-electron chi connectivity index (χ0n) is 6.22. The van der Waals surface area contributed by atoms with Gasteiger partial charge in [0.25, 0.3) is 0 Å². The van der Waals surface area contributed by atoms with Gasteiger partial charge in [-0.2, -0.15) is 0 Å². The number of ether oxygens (including phenoxy) is 1. The fourth-order valence-corrected chi connectivity index (χ4v) is 0.969. The quantitative estimate of drug-likeness (QED) is 0.392. The number of rotatable bonds is 4. The molecule has 4 heteroatoms. The number of carbonyl (C=O) groups excluding carboxylic acids is 1. The summed E-state index contributed by atoms with van der Waals surface area (Å²) in [6, 6.07) is 0. The first-order chi connectivity index (χ1) is 5.11. The number of carbonyl (C=O) groups is 1. The molecule has 0 saturated heterocycles. The first kappa shape index (κ1) is 10.8. The van der Waals surface area contributed by atoms with E-state index < -0.39 is 16.9 Å². The lowest BCUT2D eigenvalue weighted by Crippen LogP contribution is -2.22. The third-order valence-corrected chi connectivity index (χ3v) is 1.68. The summed E-state index contributed by atoms with van der Waals surface area (Å²) >= 11 is 11.0. The average molecular weight is 197 g/mol. The first-order valence-corrected chi connectivity index (χ1v) is 4.10. The van der Waals surface area contributed by atoms with Crippen LogP contribution in [0.25, 0.3) is 0 Å². The van der Waals surface area contributed by atoms with Crippen LogP contribution in [0.2, 0.25) is 0 Å². The predicted molar refractivity (Wildman–Crippen MR) is 45.9 cm³/mol. The van der Waals surface area contributed by atoms with Crippen molar-refractivity contribution < 1.29 is 9.53 Å². The normalized spacial score (nSPS) is 12.7. The Morgan fingerprint density at radius 2 is 2.27 bits per heavy atom. The van der Waals surface area contributed by atoms with Gasteiger partial charge in [-0.25, -0.2) is 4.79 Å². The number of halogens is 2. The summed E-state index contributed by atoms with van der Waals surface area (Å²) in [6.45, 7) is 5.08. The van der Waals surface area contributed by atoms with E-state index in [1.54, 1.807) is 0 Å². The Kier molecular flexibility index (Phi) is 5.34. The van der Waals surface area contributed by atoms with Crippen LogP contribution in [-0.4, -0.2) is 16.9 Å². The SMILES string of the molecule is C=CC(=O)OC(CC)C(Cl)Cl. The van der Waals surface area contributed by atoms with Crippen molar-refractivity contribution in [2.45, 2.75) is 24.3 Å². The maximum Gasteiger partial charge on any atom is 0.330 e. The molecule has 1 atom stereocenters. The summed E-state index contributed by atoms with van der Waals surface area (Å²) in [7, 11) is 0. The molecule has 0 bridgehead atoms. The van der Waals surface area contributed by atoms with Crippen molar-refractivity contribution in [2.24, 2.45) is 0 Å². The van der Waals surface area contributed by atoms with Gasteiger partial charge in [0.1, 0.15) is 10.9 Å². The topological polar surface area (TPSA) is 26.3 Å². The van der Waals surface area contributed by atoms with Crippen molar-refractivity contribution >= 4 is 29.2 Å². The van der Waals surface area contributed by atoms with E-state index in [1.807, 2.05) is 6.92 Å². The number of alkyl halides is 2. The summed E-state index contributed by atoms with van der Waals surface area (Å²) in [5, 5.41) is 0. The Morgan fingerprint density at radius 1 is 1.73 bits per heavy atom. The van der Waals surface area contributed by atoms with Crippen LogP contribution < -0.4 is 0 Å². The van der Waals surface area contributed by atoms with E-state index >= 15 is 0 Å². The average Bonchev–Trinajstić information content (AvgIpc) is 1.99. The molecular formula is C7H10Cl2O2. The fraction of sp³-hybridized carbons (Fsp3) is 0.571. The molecule has 0 aromatic carbocycles. The van der Waals surface area contributed by atoms with Gasteiger partial charge < -0.3 is 4.74 Å². The van der Waals surface area contributed by atoms with Crippen molar-refractivity contribution in [3.63, 3.8) is 0 Å². The van der Waals surface area contributed by atoms with Crippen LogP contribution in [0, 0.1) is 0 Å². The molecule has 0 aliphatic carbocycles. The van der Waals surface area contributed by atoms with Crippen LogP contribution in [-0.2, 0) is 9.53 Å². The molecule has 2 nitrogen and oxygen atoms in total. The zero-order chi connectivity index (χ0) is 8.85. The van der Waals surface area contributed by atoms with Crippen molar-refractivity contribution in [1.29, 1.82) is 0 Å². The molecule has 0 spiro atoms. The van der Waals surface area contributed by atoms with E-state index in [0.29, 0.717) is 6.42 Å². The Balaban J connectivity index is 3.87. The van der Waals surface area contributed by atoms with Crippen LogP contribution in [0.3, 0.4) is 0 Å². The van der Waals surface area contributed by atoms with Crippen LogP contribution in [0.5, 0.6) is 0 Å². The van der Waals surface area contributed by atoms with Gasteiger partial charge in [-0.1, -0.05) is 13.5 Å². The maximum absolute atomic E-state index is 10.6. The second kappa shape index (κ2) is 5.44. The second-order valence-corrected chi connectivity index (χ2v) is 3.09. The lowest BCUT2D eigenvalue weighted by molar-refractivity contribution is -0.142. The molecule has 0 aromatic heterocycles. The molecular weight excluding hydrogens is 187 g/mol. The van der Waals surface area contributed by atoms with Gasteiger partial charge in [0.15, 0.2) is 0 Å². The van der Waals surface area contributed by atoms with Gasteiger partial charge in [0.05, 0.1) is 0 Å². The van der Waals surface area contributed by atoms with Crippen molar-refractivity contribution in [3.8, 4) is 0 Å². The van der Waals surface area contributed by atoms with E-state index in [-0.39, 0.29) is 0 Å². The highest BCUT2D eigenvalue weighted by Gasteiger charge is 2.17. The number of hydrogen-bond acceptors (Lipinski definition) is 2. The van der Waals surface area contributed by atoms with Gasteiger partial charge in [-0.05, 0) is 6.42 Å². The molecule has 0 aliphatic heterocycles. The molecule has 0 N–H and O–H groups in total. The third kappa shape index (κ3) is 4.27. The van der Waals surface area contributed by atoms with Crippen molar-refractivity contribution in [1.82, 2.24) is 0 Å². The highest BCUT2D eigenvalue weighted by atomic mass is 35.5. The van der Waals surface area contributed by atoms with Crippen LogP contribution >= 0.6 is 23.2 Å². The number of hydrogen-bond donors (Lipinski definition) is 0. The first-order valence-electron chi connectivity index (χ1n) is 3.23. The Hall–Kier alpha value is -0.210. The van der Waals surface area contributed by atoms with Crippen LogP contribution in [0.1, 0.15) is 13.3 Å². The molecule has 0 aliphatic rings. The molecule has 0 amide bonds. The van der Waals surface area contributed by atoms with Gasteiger partial charge in [0, 0.05) is 6.08 Å². The van der Waals surface area contributed by atoms with Crippen LogP contribution in [0.15, 0.2) is 12.7 Å².